The maximum atomic E-state index is 11.9. The SMILES string of the molecule is COC1CC(NC(=NCC(=O)N(C)C)NC2CCOCC2)C1(C)C. The van der Waals surface area contributed by atoms with Gasteiger partial charge in [-0.2, -0.15) is 0 Å². The molecule has 0 bridgehead atoms. The van der Waals surface area contributed by atoms with Crippen molar-refractivity contribution in [1.29, 1.82) is 0 Å². The Hall–Kier alpha value is -1.34. The van der Waals surface area contributed by atoms with Gasteiger partial charge in [-0.1, -0.05) is 13.8 Å². The number of ether oxygens (including phenoxy) is 2. The zero-order valence-electron chi connectivity index (χ0n) is 15.6. The highest BCUT2D eigenvalue weighted by atomic mass is 16.5. The van der Waals surface area contributed by atoms with E-state index >= 15 is 0 Å². The van der Waals surface area contributed by atoms with Gasteiger partial charge in [0.2, 0.25) is 5.91 Å². The summed E-state index contributed by atoms with van der Waals surface area (Å²) < 4.78 is 10.9. The lowest BCUT2D eigenvalue weighted by Crippen LogP contribution is -2.64. The van der Waals surface area contributed by atoms with E-state index in [1.54, 1.807) is 26.1 Å². The summed E-state index contributed by atoms with van der Waals surface area (Å²) in [5, 5.41) is 6.96. The first kappa shape index (κ1) is 19.0. The summed E-state index contributed by atoms with van der Waals surface area (Å²) in [6.07, 6.45) is 3.11. The van der Waals surface area contributed by atoms with E-state index in [1.807, 2.05) is 0 Å². The second-order valence-corrected chi connectivity index (χ2v) is 7.46. The summed E-state index contributed by atoms with van der Waals surface area (Å²) >= 11 is 0. The number of amides is 1. The van der Waals surface area contributed by atoms with Crippen LogP contribution >= 0.6 is 0 Å². The number of carbonyl (C=O) groups is 1. The van der Waals surface area contributed by atoms with E-state index < -0.39 is 0 Å². The molecule has 1 amide bonds. The number of nitrogens with one attached hydrogen (secondary N) is 2. The van der Waals surface area contributed by atoms with E-state index in [-0.39, 0.29) is 30.0 Å². The van der Waals surface area contributed by atoms with E-state index in [4.69, 9.17) is 9.47 Å². The van der Waals surface area contributed by atoms with Crippen LogP contribution in [0.5, 0.6) is 0 Å². The third-order valence-corrected chi connectivity index (χ3v) is 5.21. The summed E-state index contributed by atoms with van der Waals surface area (Å²) in [4.78, 5) is 17.9. The van der Waals surface area contributed by atoms with Crippen LogP contribution in [0.3, 0.4) is 0 Å². The Balaban J connectivity index is 1.99. The molecule has 0 radical (unpaired) electrons. The molecule has 0 aromatic heterocycles. The lowest BCUT2D eigenvalue weighted by Gasteiger charge is -2.51. The maximum Gasteiger partial charge on any atom is 0.243 e. The minimum absolute atomic E-state index is 0.00860. The van der Waals surface area contributed by atoms with E-state index in [1.165, 1.54) is 0 Å². The average molecular weight is 340 g/mol. The Labute approximate surface area is 145 Å². The fraction of sp³-hybridized carbons (Fsp3) is 0.882. The fourth-order valence-electron chi connectivity index (χ4n) is 3.15. The molecule has 2 aliphatic rings. The minimum atomic E-state index is -0.00860. The molecule has 2 atom stereocenters. The highest BCUT2D eigenvalue weighted by molar-refractivity contribution is 5.85. The van der Waals surface area contributed by atoms with Crippen LogP contribution in [0.2, 0.25) is 0 Å². The van der Waals surface area contributed by atoms with Crippen molar-refractivity contribution in [3.8, 4) is 0 Å². The van der Waals surface area contributed by atoms with Gasteiger partial charge in [0.05, 0.1) is 6.10 Å². The highest BCUT2D eigenvalue weighted by Gasteiger charge is 2.49. The van der Waals surface area contributed by atoms with Crippen molar-refractivity contribution < 1.29 is 14.3 Å². The predicted molar refractivity (Wildman–Crippen MR) is 94.1 cm³/mol. The monoisotopic (exact) mass is 340 g/mol. The molecular formula is C17H32N4O3. The highest BCUT2D eigenvalue weighted by Crippen LogP contribution is 2.42. The van der Waals surface area contributed by atoms with Gasteiger partial charge in [0.25, 0.3) is 0 Å². The van der Waals surface area contributed by atoms with Gasteiger partial charge in [0.1, 0.15) is 6.54 Å². The van der Waals surface area contributed by atoms with E-state index in [9.17, 15) is 4.79 Å². The molecule has 1 saturated heterocycles. The zero-order chi connectivity index (χ0) is 17.7. The van der Waals surface area contributed by atoms with Gasteiger partial charge in [-0.15, -0.1) is 0 Å². The van der Waals surface area contributed by atoms with Crippen LogP contribution < -0.4 is 10.6 Å². The van der Waals surface area contributed by atoms with E-state index in [2.05, 4.69) is 29.5 Å². The summed E-state index contributed by atoms with van der Waals surface area (Å²) in [7, 11) is 5.25. The number of aliphatic imine (C=N–C) groups is 1. The second kappa shape index (κ2) is 8.16. The van der Waals surface area contributed by atoms with Crippen molar-refractivity contribution >= 4 is 11.9 Å². The largest absolute Gasteiger partial charge is 0.381 e. The van der Waals surface area contributed by atoms with Gasteiger partial charge in [-0.3, -0.25) is 4.79 Å². The van der Waals surface area contributed by atoms with Gasteiger partial charge < -0.3 is 25.0 Å². The van der Waals surface area contributed by atoms with Gasteiger partial charge in [-0.25, -0.2) is 4.99 Å². The molecule has 2 rings (SSSR count). The molecule has 7 nitrogen and oxygen atoms in total. The number of rotatable bonds is 5. The quantitative estimate of drug-likeness (QED) is 0.566. The van der Waals surface area contributed by atoms with Crippen LogP contribution in [0.15, 0.2) is 4.99 Å². The lowest BCUT2D eigenvalue weighted by atomic mass is 9.64. The molecule has 1 aliphatic heterocycles. The number of methoxy groups -OCH3 is 1. The number of carbonyl (C=O) groups excluding carboxylic acids is 1. The number of likely N-dealkylation sites (N-methyl/N-ethyl adjacent to an activating group) is 1. The van der Waals surface area contributed by atoms with Crippen LogP contribution in [0.1, 0.15) is 33.1 Å². The molecule has 0 aromatic rings. The molecule has 2 fully saturated rings. The normalized spacial score (nSPS) is 27.3. The van der Waals surface area contributed by atoms with Crippen molar-refractivity contribution in [3.05, 3.63) is 0 Å². The first-order chi connectivity index (χ1) is 11.3. The van der Waals surface area contributed by atoms with Gasteiger partial charge in [-0.05, 0) is 19.3 Å². The molecule has 24 heavy (non-hydrogen) atoms. The number of hydrogen-bond acceptors (Lipinski definition) is 4. The standard InChI is InChI=1S/C17H32N4O3/c1-17(2)13(10-14(17)23-5)20-16(18-11-15(22)21(3)4)19-12-6-8-24-9-7-12/h12-14H,6-11H2,1-5H3,(H2,18,19,20). The molecule has 1 heterocycles. The van der Waals surface area contributed by atoms with Gasteiger partial charge >= 0.3 is 0 Å². The van der Waals surface area contributed by atoms with Crippen molar-refractivity contribution in [2.75, 3.05) is 41.0 Å². The number of nitrogens with zero attached hydrogens (tertiary/aromatic N) is 2. The number of hydrogen-bond donors (Lipinski definition) is 2. The smallest absolute Gasteiger partial charge is 0.243 e. The van der Waals surface area contributed by atoms with Crippen LogP contribution in [0, 0.1) is 5.41 Å². The Bertz CT molecular complexity index is 459. The first-order valence-electron chi connectivity index (χ1n) is 8.72. The molecule has 1 aliphatic carbocycles. The van der Waals surface area contributed by atoms with Crippen molar-refractivity contribution in [1.82, 2.24) is 15.5 Å². The third kappa shape index (κ3) is 4.60. The Morgan fingerprint density at radius 1 is 1.29 bits per heavy atom. The Morgan fingerprint density at radius 2 is 1.96 bits per heavy atom. The fourth-order valence-corrected chi connectivity index (χ4v) is 3.15. The summed E-state index contributed by atoms with van der Waals surface area (Å²) in [6.45, 7) is 6.07. The van der Waals surface area contributed by atoms with Gasteiger partial charge in [0, 0.05) is 51.9 Å². The van der Waals surface area contributed by atoms with Gasteiger partial charge in [0.15, 0.2) is 5.96 Å². The average Bonchev–Trinajstić information content (AvgIpc) is 2.56. The van der Waals surface area contributed by atoms with Crippen molar-refractivity contribution in [3.63, 3.8) is 0 Å². The van der Waals surface area contributed by atoms with Crippen LogP contribution in [0.4, 0.5) is 0 Å². The molecule has 0 aromatic carbocycles. The topological polar surface area (TPSA) is 75.2 Å². The summed E-state index contributed by atoms with van der Waals surface area (Å²) in [6, 6.07) is 0.615. The van der Waals surface area contributed by atoms with Crippen LogP contribution in [-0.4, -0.2) is 75.9 Å². The second-order valence-electron chi connectivity index (χ2n) is 7.46. The molecule has 2 unspecified atom stereocenters. The molecule has 1 saturated carbocycles. The molecule has 138 valence electrons. The lowest BCUT2D eigenvalue weighted by molar-refractivity contribution is -0.127. The molecule has 0 spiro atoms. The van der Waals surface area contributed by atoms with Crippen molar-refractivity contribution in [2.24, 2.45) is 10.4 Å². The zero-order valence-corrected chi connectivity index (χ0v) is 15.6. The van der Waals surface area contributed by atoms with Crippen LogP contribution in [-0.2, 0) is 14.3 Å². The maximum absolute atomic E-state index is 11.9. The summed E-state index contributed by atoms with van der Waals surface area (Å²) in [5.41, 5.74) is 0.0401. The first-order valence-corrected chi connectivity index (χ1v) is 8.72. The van der Waals surface area contributed by atoms with E-state index in [0.717, 1.165) is 32.5 Å². The minimum Gasteiger partial charge on any atom is -0.381 e. The third-order valence-electron chi connectivity index (χ3n) is 5.21. The Kier molecular flexibility index (Phi) is 6.46. The molecular weight excluding hydrogens is 308 g/mol. The molecule has 7 heteroatoms. The van der Waals surface area contributed by atoms with Crippen molar-refractivity contribution in [2.45, 2.75) is 51.3 Å². The summed E-state index contributed by atoms with van der Waals surface area (Å²) in [5.74, 6) is 0.704. The predicted octanol–water partition coefficient (Wildman–Crippen LogP) is 0.602. The Morgan fingerprint density at radius 3 is 2.50 bits per heavy atom. The molecule has 2 N–H and O–H groups in total. The van der Waals surface area contributed by atoms with Crippen LogP contribution in [0.25, 0.3) is 0 Å². The number of guanidine groups is 1. The van der Waals surface area contributed by atoms with E-state index in [0.29, 0.717) is 12.0 Å².